The quantitative estimate of drug-likeness (QED) is 0.775. The molecule has 1 saturated carbocycles. The Labute approximate surface area is 107 Å². The smallest absolute Gasteiger partial charge is 0.218 e. The number of hydrogen-bond donors (Lipinski definition) is 0. The highest BCUT2D eigenvalue weighted by Crippen LogP contribution is 2.26. The average Bonchev–Trinajstić information content (AvgIpc) is 2.39. The normalized spacial score (nSPS) is 24.6. The third-order valence-corrected chi connectivity index (χ3v) is 3.47. The highest BCUT2D eigenvalue weighted by atomic mass is 35.5. The summed E-state index contributed by atoms with van der Waals surface area (Å²) >= 11 is 5.86. The Morgan fingerprint density at radius 1 is 1.41 bits per heavy atom. The number of rotatable bonds is 4. The van der Waals surface area contributed by atoms with Crippen LogP contribution in [0.4, 0.5) is 0 Å². The van der Waals surface area contributed by atoms with Crippen molar-refractivity contribution in [2.24, 2.45) is 0 Å². The van der Waals surface area contributed by atoms with Crippen LogP contribution in [0.1, 0.15) is 31.2 Å². The molecular weight excluding hydrogens is 238 g/mol. The zero-order valence-corrected chi connectivity index (χ0v) is 10.8. The number of aromatic nitrogens is 1. The predicted octanol–water partition coefficient (Wildman–Crippen LogP) is 3.16. The number of methoxy groups -OCH3 is 1. The van der Waals surface area contributed by atoms with Crippen molar-refractivity contribution in [1.29, 1.82) is 0 Å². The van der Waals surface area contributed by atoms with Crippen molar-refractivity contribution in [3.05, 3.63) is 23.9 Å². The van der Waals surface area contributed by atoms with E-state index in [9.17, 15) is 0 Å². The van der Waals surface area contributed by atoms with Gasteiger partial charge in [-0.25, -0.2) is 4.98 Å². The van der Waals surface area contributed by atoms with E-state index in [2.05, 4.69) is 4.98 Å². The fourth-order valence-electron chi connectivity index (χ4n) is 2.21. The first kappa shape index (κ1) is 12.7. The zero-order chi connectivity index (χ0) is 12.1. The Hall–Kier alpha value is -0.800. The SMILES string of the molecule is COC1CCCC(Oc2ncccc2CCl)C1. The molecule has 1 fully saturated rings. The molecule has 1 aliphatic rings. The lowest BCUT2D eigenvalue weighted by Crippen LogP contribution is -2.29. The van der Waals surface area contributed by atoms with Crippen LogP contribution in [0.3, 0.4) is 0 Å². The molecule has 2 atom stereocenters. The molecule has 1 heterocycles. The zero-order valence-electron chi connectivity index (χ0n) is 10.1. The summed E-state index contributed by atoms with van der Waals surface area (Å²) in [7, 11) is 1.76. The standard InChI is InChI=1S/C13H18ClNO2/c1-16-11-5-2-6-12(8-11)17-13-10(9-14)4-3-7-15-13/h3-4,7,11-12H,2,5-6,8-9H2,1H3. The summed E-state index contributed by atoms with van der Waals surface area (Å²) in [6.45, 7) is 0. The van der Waals surface area contributed by atoms with E-state index in [0.29, 0.717) is 17.9 Å². The summed E-state index contributed by atoms with van der Waals surface area (Å²) in [6.07, 6.45) is 6.53. The average molecular weight is 256 g/mol. The van der Waals surface area contributed by atoms with Crippen LogP contribution in [0, 0.1) is 0 Å². The van der Waals surface area contributed by atoms with Gasteiger partial charge in [0.15, 0.2) is 0 Å². The molecule has 0 spiro atoms. The molecule has 0 N–H and O–H groups in total. The molecule has 0 saturated heterocycles. The van der Waals surface area contributed by atoms with E-state index in [1.165, 1.54) is 0 Å². The van der Waals surface area contributed by atoms with E-state index in [-0.39, 0.29) is 6.10 Å². The second kappa shape index (κ2) is 6.22. The molecule has 17 heavy (non-hydrogen) atoms. The third kappa shape index (κ3) is 3.33. The van der Waals surface area contributed by atoms with E-state index >= 15 is 0 Å². The van der Waals surface area contributed by atoms with Crippen LogP contribution in [0.15, 0.2) is 18.3 Å². The molecule has 94 valence electrons. The minimum Gasteiger partial charge on any atom is -0.474 e. The molecule has 2 unspecified atom stereocenters. The van der Waals surface area contributed by atoms with Gasteiger partial charge in [-0.2, -0.15) is 0 Å². The summed E-state index contributed by atoms with van der Waals surface area (Å²) in [4.78, 5) is 4.25. The van der Waals surface area contributed by atoms with Crippen molar-refractivity contribution in [2.75, 3.05) is 7.11 Å². The minimum absolute atomic E-state index is 0.200. The fourth-order valence-corrected chi connectivity index (χ4v) is 2.42. The van der Waals surface area contributed by atoms with Crippen LogP contribution >= 0.6 is 11.6 Å². The minimum atomic E-state index is 0.200. The molecule has 0 amide bonds. The van der Waals surface area contributed by atoms with Crippen LogP contribution in [-0.2, 0) is 10.6 Å². The predicted molar refractivity (Wildman–Crippen MR) is 67.5 cm³/mol. The summed E-state index contributed by atoms with van der Waals surface area (Å²) in [6, 6.07) is 3.83. The van der Waals surface area contributed by atoms with Crippen molar-refractivity contribution in [2.45, 2.75) is 43.8 Å². The van der Waals surface area contributed by atoms with Crippen molar-refractivity contribution in [3.63, 3.8) is 0 Å². The van der Waals surface area contributed by atoms with Crippen LogP contribution in [0.2, 0.25) is 0 Å². The topological polar surface area (TPSA) is 31.4 Å². The van der Waals surface area contributed by atoms with Crippen molar-refractivity contribution in [3.8, 4) is 5.88 Å². The number of pyridine rings is 1. The maximum atomic E-state index is 5.93. The molecule has 1 aromatic heterocycles. The second-order valence-corrected chi connectivity index (χ2v) is 4.63. The molecule has 1 aliphatic carbocycles. The van der Waals surface area contributed by atoms with Gasteiger partial charge >= 0.3 is 0 Å². The van der Waals surface area contributed by atoms with Gasteiger partial charge in [0.1, 0.15) is 6.10 Å². The lowest BCUT2D eigenvalue weighted by atomic mass is 9.95. The van der Waals surface area contributed by atoms with Gasteiger partial charge < -0.3 is 9.47 Å². The van der Waals surface area contributed by atoms with Gasteiger partial charge in [-0.3, -0.25) is 0 Å². The van der Waals surface area contributed by atoms with E-state index < -0.39 is 0 Å². The molecule has 0 radical (unpaired) electrons. The van der Waals surface area contributed by atoms with Gasteiger partial charge in [0.25, 0.3) is 0 Å². The Morgan fingerprint density at radius 3 is 3.00 bits per heavy atom. The molecule has 3 nitrogen and oxygen atoms in total. The summed E-state index contributed by atoms with van der Waals surface area (Å²) < 4.78 is 11.3. The molecular formula is C13H18ClNO2. The van der Waals surface area contributed by atoms with Crippen LogP contribution in [-0.4, -0.2) is 24.3 Å². The number of halogens is 1. The molecule has 2 rings (SSSR count). The maximum Gasteiger partial charge on any atom is 0.218 e. The first-order valence-corrected chi connectivity index (χ1v) is 6.56. The van der Waals surface area contributed by atoms with E-state index in [1.54, 1.807) is 13.3 Å². The maximum absolute atomic E-state index is 5.93. The van der Waals surface area contributed by atoms with Crippen molar-refractivity contribution >= 4 is 11.6 Å². The highest BCUT2D eigenvalue weighted by Gasteiger charge is 2.23. The number of alkyl halides is 1. The summed E-state index contributed by atoms with van der Waals surface area (Å²) in [5, 5.41) is 0. The second-order valence-electron chi connectivity index (χ2n) is 4.37. The van der Waals surface area contributed by atoms with Crippen molar-refractivity contribution in [1.82, 2.24) is 4.98 Å². The Balaban J connectivity index is 2.00. The van der Waals surface area contributed by atoms with E-state index in [1.807, 2.05) is 12.1 Å². The van der Waals surface area contributed by atoms with Gasteiger partial charge in [0.2, 0.25) is 5.88 Å². The van der Waals surface area contributed by atoms with Crippen LogP contribution in [0.25, 0.3) is 0 Å². The molecule has 1 aromatic rings. The Bertz CT molecular complexity index is 359. The third-order valence-electron chi connectivity index (χ3n) is 3.18. The molecule has 0 aromatic carbocycles. The first-order chi connectivity index (χ1) is 8.33. The fraction of sp³-hybridized carbons (Fsp3) is 0.615. The summed E-state index contributed by atoms with van der Waals surface area (Å²) in [5.74, 6) is 1.10. The lowest BCUT2D eigenvalue weighted by molar-refractivity contribution is 0.0192. The molecule has 0 aliphatic heterocycles. The monoisotopic (exact) mass is 255 g/mol. The van der Waals surface area contributed by atoms with E-state index in [4.69, 9.17) is 21.1 Å². The number of ether oxygens (including phenoxy) is 2. The number of hydrogen-bond acceptors (Lipinski definition) is 3. The van der Waals surface area contributed by atoms with Crippen LogP contribution in [0.5, 0.6) is 5.88 Å². The van der Waals surface area contributed by atoms with E-state index in [0.717, 1.165) is 31.2 Å². The highest BCUT2D eigenvalue weighted by molar-refractivity contribution is 6.17. The molecule has 4 heteroatoms. The Kier molecular flexibility index (Phi) is 4.63. The van der Waals surface area contributed by atoms with Gasteiger partial charge in [0.05, 0.1) is 12.0 Å². The first-order valence-electron chi connectivity index (χ1n) is 6.02. The number of nitrogens with zero attached hydrogens (tertiary/aromatic N) is 1. The lowest BCUT2D eigenvalue weighted by Gasteiger charge is -2.28. The molecule has 0 bridgehead atoms. The van der Waals surface area contributed by atoms with Crippen molar-refractivity contribution < 1.29 is 9.47 Å². The van der Waals surface area contributed by atoms with Gasteiger partial charge in [-0.05, 0) is 25.3 Å². The van der Waals surface area contributed by atoms with Crippen LogP contribution < -0.4 is 4.74 Å². The summed E-state index contributed by atoms with van der Waals surface area (Å²) in [5.41, 5.74) is 0.953. The van der Waals surface area contributed by atoms with Gasteiger partial charge in [-0.1, -0.05) is 6.07 Å². The van der Waals surface area contributed by atoms with Gasteiger partial charge in [-0.15, -0.1) is 11.6 Å². The largest absolute Gasteiger partial charge is 0.474 e. The Morgan fingerprint density at radius 2 is 2.24 bits per heavy atom. The van der Waals surface area contributed by atoms with Gasteiger partial charge in [0, 0.05) is 25.3 Å².